The Kier molecular flexibility index (Phi) is 8.35. The van der Waals surface area contributed by atoms with E-state index in [9.17, 15) is 14.4 Å². The summed E-state index contributed by atoms with van der Waals surface area (Å²) in [5.41, 5.74) is 6.11. The van der Waals surface area contributed by atoms with Crippen molar-refractivity contribution in [1.82, 2.24) is 10.6 Å². The zero-order valence-corrected chi connectivity index (χ0v) is 17.9. The maximum atomic E-state index is 12.7. The van der Waals surface area contributed by atoms with E-state index < -0.39 is 29.9 Å². The monoisotopic (exact) mass is 439 g/mol. The highest BCUT2D eigenvalue weighted by Gasteiger charge is 2.40. The number of benzene rings is 1. The zero-order chi connectivity index (χ0) is 22.3. The standard InChI is InChI=1S/C20H26ClN3O6/c1-4-7-13-16(19(26)29-6-3)17(24-20(27)23-13)11-8-12(21)18(30-10-15(22)25)14(9-11)28-5-2/h7-9,16-17H,4-6,10H2,1-3H3,(H2,22,25)(H2,23,24,27)/b13-7+/t16-,17-/m0/s1. The molecule has 1 aliphatic heterocycles. The lowest BCUT2D eigenvalue weighted by Crippen LogP contribution is -2.51. The summed E-state index contributed by atoms with van der Waals surface area (Å²) in [4.78, 5) is 36.0. The van der Waals surface area contributed by atoms with E-state index in [1.54, 1.807) is 32.1 Å². The van der Waals surface area contributed by atoms with Crippen LogP contribution in [0.1, 0.15) is 38.8 Å². The highest BCUT2D eigenvalue weighted by atomic mass is 35.5. The van der Waals surface area contributed by atoms with Crippen molar-refractivity contribution in [3.63, 3.8) is 0 Å². The molecule has 3 amide bonds. The third kappa shape index (κ3) is 5.56. The molecule has 1 saturated heterocycles. The molecular formula is C20H26ClN3O6. The second kappa shape index (κ2) is 10.7. The summed E-state index contributed by atoms with van der Waals surface area (Å²) >= 11 is 6.38. The molecule has 1 aromatic rings. The predicted molar refractivity (Wildman–Crippen MR) is 110 cm³/mol. The van der Waals surface area contributed by atoms with Crippen LogP contribution in [0.25, 0.3) is 0 Å². The van der Waals surface area contributed by atoms with Gasteiger partial charge in [0.25, 0.3) is 5.91 Å². The van der Waals surface area contributed by atoms with Crippen molar-refractivity contribution in [3.05, 3.63) is 34.5 Å². The Labute approximate surface area is 179 Å². The van der Waals surface area contributed by atoms with Crippen LogP contribution in [0.2, 0.25) is 5.02 Å². The Morgan fingerprint density at radius 1 is 1.20 bits per heavy atom. The summed E-state index contributed by atoms with van der Waals surface area (Å²) in [6.45, 7) is 5.49. The summed E-state index contributed by atoms with van der Waals surface area (Å²) in [7, 11) is 0. The third-order valence-corrected chi connectivity index (χ3v) is 4.51. The Hall–Kier alpha value is -2.94. The van der Waals surface area contributed by atoms with Crippen LogP contribution in [0, 0.1) is 5.92 Å². The van der Waals surface area contributed by atoms with Gasteiger partial charge in [-0.1, -0.05) is 24.6 Å². The average Bonchev–Trinajstić information content (AvgIpc) is 2.67. The van der Waals surface area contributed by atoms with E-state index in [0.717, 1.165) is 0 Å². The van der Waals surface area contributed by atoms with E-state index in [4.69, 9.17) is 31.5 Å². The summed E-state index contributed by atoms with van der Waals surface area (Å²) in [6, 6.07) is 1.95. The van der Waals surface area contributed by atoms with Crippen molar-refractivity contribution in [3.8, 4) is 11.5 Å². The molecule has 0 spiro atoms. The van der Waals surface area contributed by atoms with Gasteiger partial charge in [0.1, 0.15) is 5.92 Å². The third-order valence-electron chi connectivity index (χ3n) is 4.23. The van der Waals surface area contributed by atoms with E-state index in [0.29, 0.717) is 24.3 Å². The quantitative estimate of drug-likeness (QED) is 0.507. The van der Waals surface area contributed by atoms with Crippen molar-refractivity contribution in [2.24, 2.45) is 11.7 Å². The number of halogens is 1. The van der Waals surface area contributed by atoms with E-state index in [1.807, 2.05) is 6.92 Å². The normalized spacial score (nSPS) is 19.6. The number of urea groups is 1. The average molecular weight is 440 g/mol. The molecule has 10 heteroatoms. The summed E-state index contributed by atoms with van der Waals surface area (Å²) in [6.07, 6.45) is 2.38. The molecule has 0 bridgehead atoms. The number of rotatable bonds is 9. The molecular weight excluding hydrogens is 414 g/mol. The molecule has 2 rings (SSSR count). The number of primary amides is 1. The molecule has 0 aliphatic carbocycles. The number of ether oxygens (including phenoxy) is 3. The first-order valence-corrected chi connectivity index (χ1v) is 10.0. The van der Waals surface area contributed by atoms with Gasteiger partial charge in [-0.05, 0) is 38.0 Å². The van der Waals surface area contributed by atoms with Crippen LogP contribution in [0.4, 0.5) is 4.79 Å². The van der Waals surface area contributed by atoms with Gasteiger partial charge in [-0.3, -0.25) is 9.59 Å². The molecule has 30 heavy (non-hydrogen) atoms. The highest BCUT2D eigenvalue weighted by Crippen LogP contribution is 2.41. The summed E-state index contributed by atoms with van der Waals surface area (Å²) in [5, 5.41) is 5.58. The molecule has 0 radical (unpaired) electrons. The smallest absolute Gasteiger partial charge is 0.319 e. The number of hydrogen-bond donors (Lipinski definition) is 3. The number of carbonyl (C=O) groups excluding carboxylic acids is 3. The number of amides is 3. The maximum absolute atomic E-state index is 12.7. The molecule has 4 N–H and O–H groups in total. The van der Waals surface area contributed by atoms with E-state index >= 15 is 0 Å². The van der Waals surface area contributed by atoms with Crippen molar-refractivity contribution in [2.45, 2.75) is 33.2 Å². The van der Waals surface area contributed by atoms with E-state index in [-0.39, 0.29) is 29.7 Å². The maximum Gasteiger partial charge on any atom is 0.319 e. The molecule has 1 heterocycles. The lowest BCUT2D eigenvalue weighted by molar-refractivity contribution is -0.148. The summed E-state index contributed by atoms with van der Waals surface area (Å²) < 4.78 is 16.2. The fourth-order valence-corrected chi connectivity index (χ4v) is 3.41. The van der Waals surface area contributed by atoms with Crippen LogP contribution in [0.15, 0.2) is 23.9 Å². The number of esters is 1. The minimum atomic E-state index is -0.800. The van der Waals surface area contributed by atoms with Gasteiger partial charge in [0, 0.05) is 5.70 Å². The van der Waals surface area contributed by atoms with Gasteiger partial charge in [0.2, 0.25) is 0 Å². The first-order chi connectivity index (χ1) is 14.3. The topological polar surface area (TPSA) is 129 Å². The van der Waals surface area contributed by atoms with Gasteiger partial charge in [-0.15, -0.1) is 0 Å². The lowest BCUT2D eigenvalue weighted by atomic mass is 9.87. The molecule has 0 aromatic heterocycles. The highest BCUT2D eigenvalue weighted by molar-refractivity contribution is 6.32. The van der Waals surface area contributed by atoms with Crippen molar-refractivity contribution < 1.29 is 28.6 Å². The van der Waals surface area contributed by atoms with Crippen molar-refractivity contribution in [1.29, 1.82) is 0 Å². The minimum Gasteiger partial charge on any atom is -0.490 e. The van der Waals surface area contributed by atoms with Gasteiger partial charge in [0.05, 0.1) is 24.3 Å². The predicted octanol–water partition coefficient (Wildman–Crippen LogP) is 2.43. The van der Waals surface area contributed by atoms with Crippen LogP contribution < -0.4 is 25.8 Å². The molecule has 0 saturated carbocycles. The molecule has 164 valence electrons. The van der Waals surface area contributed by atoms with Crippen LogP contribution in [-0.2, 0) is 14.3 Å². The molecule has 9 nitrogen and oxygen atoms in total. The van der Waals surface area contributed by atoms with Crippen molar-refractivity contribution >= 4 is 29.5 Å². The van der Waals surface area contributed by atoms with Crippen LogP contribution >= 0.6 is 11.6 Å². The minimum absolute atomic E-state index is 0.147. The van der Waals surface area contributed by atoms with Gasteiger partial charge in [-0.25, -0.2) is 4.79 Å². The number of nitrogens with two attached hydrogens (primary N) is 1. The SMILES string of the molecule is CC/C=C1/NC(=O)N[C@@H](c2cc(Cl)c(OCC(N)=O)c(OCC)c2)[C@H]1C(=O)OCC. The molecule has 0 unspecified atom stereocenters. The molecule has 1 aliphatic rings. The summed E-state index contributed by atoms with van der Waals surface area (Å²) in [5.74, 6) is -1.54. The van der Waals surface area contributed by atoms with Gasteiger partial charge >= 0.3 is 12.0 Å². The Bertz CT molecular complexity index is 842. The van der Waals surface area contributed by atoms with Gasteiger partial charge < -0.3 is 30.6 Å². The lowest BCUT2D eigenvalue weighted by Gasteiger charge is -2.34. The number of allylic oxidation sites excluding steroid dienone is 1. The second-order valence-corrected chi connectivity index (χ2v) is 6.80. The fourth-order valence-electron chi connectivity index (χ4n) is 3.13. The molecule has 1 aromatic carbocycles. The van der Waals surface area contributed by atoms with E-state index in [2.05, 4.69) is 10.6 Å². The fraction of sp³-hybridized carbons (Fsp3) is 0.450. The molecule has 1 fully saturated rings. The van der Waals surface area contributed by atoms with Crippen molar-refractivity contribution in [2.75, 3.05) is 19.8 Å². The zero-order valence-electron chi connectivity index (χ0n) is 17.1. The molecule has 2 atom stereocenters. The Balaban J connectivity index is 2.53. The first-order valence-electron chi connectivity index (χ1n) is 9.63. The number of hydrogen-bond acceptors (Lipinski definition) is 6. The van der Waals surface area contributed by atoms with Crippen LogP contribution in [0.5, 0.6) is 11.5 Å². The second-order valence-electron chi connectivity index (χ2n) is 6.39. The number of carbonyl (C=O) groups is 3. The van der Waals surface area contributed by atoms with Gasteiger partial charge in [0.15, 0.2) is 18.1 Å². The Morgan fingerprint density at radius 3 is 2.53 bits per heavy atom. The van der Waals surface area contributed by atoms with Crippen LogP contribution in [0.3, 0.4) is 0 Å². The Morgan fingerprint density at radius 2 is 1.93 bits per heavy atom. The largest absolute Gasteiger partial charge is 0.490 e. The first kappa shape index (κ1) is 23.3. The van der Waals surface area contributed by atoms with Crippen LogP contribution in [-0.4, -0.2) is 37.7 Å². The van der Waals surface area contributed by atoms with Gasteiger partial charge in [-0.2, -0.15) is 0 Å². The number of nitrogens with one attached hydrogen (secondary N) is 2. The van der Waals surface area contributed by atoms with E-state index in [1.165, 1.54) is 0 Å².